The molecular weight excluding hydrogens is 178 g/mol. The minimum absolute atomic E-state index is 0.138. The number of hydrogen-bond donors (Lipinski definition) is 1. The molecule has 84 valence electrons. The third-order valence-electron chi connectivity index (χ3n) is 2.22. The van der Waals surface area contributed by atoms with Crippen molar-refractivity contribution in [2.45, 2.75) is 52.5 Å². The number of rotatable bonds is 8. The van der Waals surface area contributed by atoms with Crippen LogP contribution < -0.4 is 5.32 Å². The maximum absolute atomic E-state index is 11.1. The molecule has 0 saturated carbocycles. The van der Waals surface area contributed by atoms with Crippen LogP contribution in [0.3, 0.4) is 0 Å². The number of carbonyl (C=O) groups excluding carboxylic acids is 1. The Morgan fingerprint density at radius 1 is 1.36 bits per heavy atom. The lowest BCUT2D eigenvalue weighted by Gasteiger charge is -2.10. The number of carbonyl (C=O) groups is 1. The SMILES string of the molecule is CCCCCOC(=O)CNC(C)CC. The zero-order valence-electron chi connectivity index (χ0n) is 9.64. The molecule has 0 saturated heterocycles. The quantitative estimate of drug-likeness (QED) is 0.483. The van der Waals surface area contributed by atoms with Crippen LogP contribution in [0.2, 0.25) is 0 Å². The Hall–Kier alpha value is -0.570. The molecule has 14 heavy (non-hydrogen) atoms. The molecule has 3 nitrogen and oxygen atoms in total. The van der Waals surface area contributed by atoms with E-state index in [0.29, 0.717) is 19.2 Å². The first kappa shape index (κ1) is 13.4. The molecule has 1 unspecified atom stereocenters. The van der Waals surface area contributed by atoms with Crippen LogP contribution >= 0.6 is 0 Å². The summed E-state index contributed by atoms with van der Waals surface area (Å²) >= 11 is 0. The van der Waals surface area contributed by atoms with Crippen LogP contribution in [0.25, 0.3) is 0 Å². The molecule has 0 aromatic rings. The van der Waals surface area contributed by atoms with Gasteiger partial charge in [-0.1, -0.05) is 26.7 Å². The Balaban J connectivity index is 3.28. The second kappa shape index (κ2) is 9.00. The maximum atomic E-state index is 11.1. The first-order valence-electron chi connectivity index (χ1n) is 5.59. The van der Waals surface area contributed by atoms with Crippen molar-refractivity contribution in [3.63, 3.8) is 0 Å². The van der Waals surface area contributed by atoms with Crippen molar-refractivity contribution in [3.8, 4) is 0 Å². The van der Waals surface area contributed by atoms with Gasteiger partial charge in [0.1, 0.15) is 0 Å². The zero-order valence-corrected chi connectivity index (χ0v) is 9.64. The van der Waals surface area contributed by atoms with E-state index in [-0.39, 0.29) is 5.97 Å². The first-order chi connectivity index (χ1) is 6.70. The summed E-state index contributed by atoms with van der Waals surface area (Å²) in [6.07, 6.45) is 4.30. The third-order valence-corrected chi connectivity index (χ3v) is 2.22. The van der Waals surface area contributed by atoms with Crippen molar-refractivity contribution in [3.05, 3.63) is 0 Å². The molecule has 0 amide bonds. The standard InChI is InChI=1S/C11H23NO2/c1-4-6-7-8-14-11(13)9-12-10(3)5-2/h10,12H,4-9H2,1-3H3. The molecule has 0 aromatic heterocycles. The van der Waals surface area contributed by atoms with Crippen molar-refractivity contribution < 1.29 is 9.53 Å². The van der Waals surface area contributed by atoms with E-state index in [1.807, 2.05) is 0 Å². The average molecular weight is 201 g/mol. The van der Waals surface area contributed by atoms with E-state index >= 15 is 0 Å². The molecule has 0 aromatic carbocycles. The van der Waals surface area contributed by atoms with Crippen LogP contribution in [0.5, 0.6) is 0 Å². The lowest BCUT2D eigenvalue weighted by Crippen LogP contribution is -2.32. The van der Waals surface area contributed by atoms with Crippen LogP contribution in [-0.2, 0) is 9.53 Å². The van der Waals surface area contributed by atoms with Crippen LogP contribution in [0.4, 0.5) is 0 Å². The van der Waals surface area contributed by atoms with Crippen molar-refractivity contribution in [1.29, 1.82) is 0 Å². The molecule has 0 aliphatic heterocycles. The number of ether oxygens (including phenoxy) is 1. The molecule has 1 N–H and O–H groups in total. The topological polar surface area (TPSA) is 38.3 Å². The second-order valence-corrected chi connectivity index (χ2v) is 3.62. The smallest absolute Gasteiger partial charge is 0.319 e. The largest absolute Gasteiger partial charge is 0.465 e. The molecule has 1 atom stereocenters. The summed E-state index contributed by atoms with van der Waals surface area (Å²) in [5, 5.41) is 3.10. The second-order valence-electron chi connectivity index (χ2n) is 3.62. The molecule has 0 radical (unpaired) electrons. The summed E-state index contributed by atoms with van der Waals surface area (Å²) in [6, 6.07) is 0.387. The summed E-state index contributed by atoms with van der Waals surface area (Å²) in [6.45, 7) is 7.18. The molecule has 0 bridgehead atoms. The lowest BCUT2D eigenvalue weighted by atomic mass is 10.2. The Kier molecular flexibility index (Phi) is 8.64. The number of nitrogens with one attached hydrogen (secondary N) is 1. The van der Waals surface area contributed by atoms with Crippen LogP contribution in [0, 0.1) is 0 Å². The van der Waals surface area contributed by atoms with E-state index in [1.54, 1.807) is 0 Å². The summed E-state index contributed by atoms with van der Waals surface area (Å²) in [7, 11) is 0. The van der Waals surface area contributed by atoms with E-state index in [9.17, 15) is 4.79 Å². The predicted molar refractivity (Wildman–Crippen MR) is 58.2 cm³/mol. The van der Waals surface area contributed by atoms with Crippen molar-refractivity contribution in [2.24, 2.45) is 0 Å². The molecule has 0 rings (SSSR count). The lowest BCUT2D eigenvalue weighted by molar-refractivity contribution is -0.142. The van der Waals surface area contributed by atoms with Gasteiger partial charge in [0.05, 0.1) is 13.2 Å². The molecule has 3 heteroatoms. The van der Waals surface area contributed by atoms with E-state index in [0.717, 1.165) is 25.7 Å². The Morgan fingerprint density at radius 2 is 2.07 bits per heavy atom. The Bertz CT molecular complexity index is 148. The van der Waals surface area contributed by atoms with Crippen LogP contribution in [0.15, 0.2) is 0 Å². The fourth-order valence-corrected chi connectivity index (χ4v) is 0.991. The average Bonchev–Trinajstić information content (AvgIpc) is 2.21. The van der Waals surface area contributed by atoms with Gasteiger partial charge in [-0.3, -0.25) is 4.79 Å². The van der Waals surface area contributed by atoms with E-state index in [2.05, 4.69) is 26.1 Å². The first-order valence-corrected chi connectivity index (χ1v) is 5.59. The number of hydrogen-bond acceptors (Lipinski definition) is 3. The molecule has 0 fully saturated rings. The van der Waals surface area contributed by atoms with Gasteiger partial charge >= 0.3 is 5.97 Å². The van der Waals surface area contributed by atoms with Gasteiger partial charge in [-0.2, -0.15) is 0 Å². The highest BCUT2D eigenvalue weighted by atomic mass is 16.5. The molecule has 0 aliphatic rings. The van der Waals surface area contributed by atoms with Gasteiger partial charge in [0.15, 0.2) is 0 Å². The minimum Gasteiger partial charge on any atom is -0.465 e. The zero-order chi connectivity index (χ0) is 10.8. The van der Waals surface area contributed by atoms with E-state index in [4.69, 9.17) is 4.74 Å². The third kappa shape index (κ3) is 8.05. The fourth-order valence-electron chi connectivity index (χ4n) is 0.991. The predicted octanol–water partition coefficient (Wildman–Crippen LogP) is 2.11. The summed E-state index contributed by atoms with van der Waals surface area (Å²) in [4.78, 5) is 11.1. The van der Waals surface area contributed by atoms with Gasteiger partial charge in [-0.05, 0) is 19.8 Å². The minimum atomic E-state index is -0.138. The van der Waals surface area contributed by atoms with Gasteiger partial charge < -0.3 is 10.1 Å². The van der Waals surface area contributed by atoms with E-state index < -0.39 is 0 Å². The van der Waals surface area contributed by atoms with Crippen LogP contribution in [0.1, 0.15) is 46.5 Å². The maximum Gasteiger partial charge on any atom is 0.319 e. The normalized spacial score (nSPS) is 12.5. The highest BCUT2D eigenvalue weighted by Crippen LogP contribution is 1.94. The van der Waals surface area contributed by atoms with Crippen molar-refractivity contribution in [1.82, 2.24) is 5.32 Å². The van der Waals surface area contributed by atoms with Crippen molar-refractivity contribution >= 4 is 5.97 Å². The van der Waals surface area contributed by atoms with Crippen molar-refractivity contribution in [2.75, 3.05) is 13.2 Å². The Morgan fingerprint density at radius 3 is 2.64 bits per heavy atom. The monoisotopic (exact) mass is 201 g/mol. The van der Waals surface area contributed by atoms with Gasteiger partial charge in [-0.15, -0.1) is 0 Å². The molecule has 0 spiro atoms. The van der Waals surface area contributed by atoms with Crippen LogP contribution in [-0.4, -0.2) is 25.2 Å². The highest BCUT2D eigenvalue weighted by Gasteiger charge is 2.04. The Labute approximate surface area is 87.2 Å². The molecule has 0 aliphatic carbocycles. The van der Waals surface area contributed by atoms with Gasteiger partial charge in [0.25, 0.3) is 0 Å². The van der Waals surface area contributed by atoms with E-state index in [1.165, 1.54) is 0 Å². The summed E-state index contributed by atoms with van der Waals surface area (Å²) in [5.74, 6) is -0.138. The van der Waals surface area contributed by atoms with Gasteiger partial charge in [0.2, 0.25) is 0 Å². The summed E-state index contributed by atoms with van der Waals surface area (Å²) < 4.78 is 5.04. The molecular formula is C11H23NO2. The fraction of sp³-hybridized carbons (Fsp3) is 0.909. The highest BCUT2D eigenvalue weighted by molar-refractivity contribution is 5.71. The summed E-state index contributed by atoms with van der Waals surface area (Å²) in [5.41, 5.74) is 0. The van der Waals surface area contributed by atoms with Gasteiger partial charge in [0, 0.05) is 6.04 Å². The number of unbranched alkanes of at least 4 members (excludes halogenated alkanes) is 2. The van der Waals surface area contributed by atoms with Gasteiger partial charge in [-0.25, -0.2) is 0 Å². The molecule has 0 heterocycles. The number of esters is 1.